The van der Waals surface area contributed by atoms with E-state index in [9.17, 15) is 9.59 Å². The lowest BCUT2D eigenvalue weighted by molar-refractivity contribution is -0.117. The van der Waals surface area contributed by atoms with Crippen molar-refractivity contribution in [3.05, 3.63) is 58.3 Å². The first-order chi connectivity index (χ1) is 12.5. The highest BCUT2D eigenvalue weighted by atomic mass is 32.1. The van der Waals surface area contributed by atoms with Crippen molar-refractivity contribution in [1.29, 1.82) is 0 Å². The molecule has 1 atom stereocenters. The molecule has 3 rings (SSSR count). The highest BCUT2D eigenvalue weighted by molar-refractivity contribution is 7.13. The number of carboxylic acids is 1. The fourth-order valence-electron chi connectivity index (χ4n) is 3.03. The van der Waals surface area contributed by atoms with Gasteiger partial charge in [0.1, 0.15) is 4.88 Å². The Morgan fingerprint density at radius 1 is 1.31 bits per heavy atom. The van der Waals surface area contributed by atoms with Crippen molar-refractivity contribution >= 4 is 34.5 Å². The van der Waals surface area contributed by atoms with Crippen LogP contribution in [0.15, 0.2) is 43.0 Å². The van der Waals surface area contributed by atoms with Gasteiger partial charge in [-0.15, -0.1) is 11.3 Å². The number of anilines is 1. The van der Waals surface area contributed by atoms with Crippen LogP contribution in [0.2, 0.25) is 0 Å². The van der Waals surface area contributed by atoms with Gasteiger partial charge in [0.25, 0.3) is 0 Å². The predicted molar refractivity (Wildman–Crippen MR) is 103 cm³/mol. The van der Waals surface area contributed by atoms with Gasteiger partial charge in [0.05, 0.1) is 19.3 Å². The van der Waals surface area contributed by atoms with E-state index in [4.69, 9.17) is 9.84 Å². The zero-order valence-electron chi connectivity index (χ0n) is 14.6. The first-order valence-electron chi connectivity index (χ1n) is 8.43. The van der Waals surface area contributed by atoms with E-state index in [0.717, 1.165) is 28.1 Å². The van der Waals surface area contributed by atoms with E-state index in [2.05, 4.69) is 6.58 Å². The third kappa shape index (κ3) is 4.03. The molecular formula is C20H21NO4S. The van der Waals surface area contributed by atoms with Crippen molar-refractivity contribution in [1.82, 2.24) is 0 Å². The summed E-state index contributed by atoms with van der Waals surface area (Å²) in [6, 6.07) is 11.2. The molecule has 1 fully saturated rings. The maximum atomic E-state index is 12.3. The molecule has 5 nitrogen and oxygen atoms in total. The van der Waals surface area contributed by atoms with Crippen LogP contribution in [-0.2, 0) is 16.1 Å². The summed E-state index contributed by atoms with van der Waals surface area (Å²) in [6.07, 6.45) is 1.27. The lowest BCUT2D eigenvalue weighted by Crippen LogP contribution is -2.36. The summed E-state index contributed by atoms with van der Waals surface area (Å²) in [7, 11) is 0. The van der Waals surface area contributed by atoms with Crippen molar-refractivity contribution < 1.29 is 19.4 Å². The lowest BCUT2D eigenvalue weighted by Gasteiger charge is -2.25. The molecule has 0 bridgehead atoms. The van der Waals surface area contributed by atoms with Gasteiger partial charge in [0, 0.05) is 17.0 Å². The zero-order valence-corrected chi connectivity index (χ0v) is 15.4. The maximum Gasteiger partial charge on any atom is 0.345 e. The molecule has 1 saturated heterocycles. The Balaban J connectivity index is 1.62. The summed E-state index contributed by atoms with van der Waals surface area (Å²) in [4.78, 5) is 26.2. The summed E-state index contributed by atoms with van der Waals surface area (Å²) >= 11 is 1.21. The number of carbonyl (C=O) groups is 2. The number of nitrogens with zero attached hydrogens (tertiary/aromatic N) is 1. The molecule has 1 aromatic carbocycles. The second kappa shape index (κ2) is 7.85. The average Bonchev–Trinajstić information content (AvgIpc) is 3.22. The molecule has 6 heteroatoms. The fraction of sp³-hybridized carbons (Fsp3) is 0.300. The molecule has 2 aromatic rings. The highest BCUT2D eigenvalue weighted by Gasteiger charge is 2.32. The Hall–Kier alpha value is -2.44. The Morgan fingerprint density at radius 2 is 2.04 bits per heavy atom. The number of rotatable bonds is 7. The molecule has 0 aliphatic carbocycles. The summed E-state index contributed by atoms with van der Waals surface area (Å²) in [6.45, 7) is 6.66. The summed E-state index contributed by atoms with van der Waals surface area (Å²) in [5, 5.41) is 8.96. The molecule has 1 aliphatic rings. The van der Waals surface area contributed by atoms with Crippen LogP contribution in [0.25, 0.3) is 5.57 Å². The van der Waals surface area contributed by atoms with Gasteiger partial charge in [-0.2, -0.15) is 0 Å². The Kier molecular flexibility index (Phi) is 5.54. The van der Waals surface area contributed by atoms with Crippen molar-refractivity contribution in [2.45, 2.75) is 32.4 Å². The van der Waals surface area contributed by atoms with E-state index in [1.54, 1.807) is 17.0 Å². The van der Waals surface area contributed by atoms with E-state index in [1.807, 2.05) is 31.2 Å². The van der Waals surface area contributed by atoms with Gasteiger partial charge in [0.15, 0.2) is 0 Å². The van der Waals surface area contributed by atoms with Crippen LogP contribution in [0.1, 0.15) is 39.9 Å². The van der Waals surface area contributed by atoms with Gasteiger partial charge in [-0.05, 0) is 43.2 Å². The molecule has 2 heterocycles. The van der Waals surface area contributed by atoms with Gasteiger partial charge in [-0.3, -0.25) is 4.79 Å². The van der Waals surface area contributed by atoms with E-state index < -0.39 is 5.97 Å². The molecule has 0 radical (unpaired) electrons. The molecule has 0 unspecified atom stereocenters. The molecular weight excluding hydrogens is 350 g/mol. The Bertz CT molecular complexity index is 825. The van der Waals surface area contributed by atoms with E-state index in [1.165, 1.54) is 11.3 Å². The van der Waals surface area contributed by atoms with Gasteiger partial charge < -0.3 is 14.7 Å². The van der Waals surface area contributed by atoms with Crippen LogP contribution in [0, 0.1) is 0 Å². The standard InChI is InChI=1S/C20H21NO4S/c1-13(2)14-3-5-15(6-4-14)21-16(7-10-19(21)22)11-25-12-17-8-9-18(26-17)20(23)24/h3-6,8-9,16H,1,7,10-12H2,2H3,(H,23,24)/t16-/m0/s1. The average molecular weight is 371 g/mol. The van der Waals surface area contributed by atoms with Crippen molar-refractivity contribution in [2.75, 3.05) is 11.5 Å². The van der Waals surface area contributed by atoms with Gasteiger partial charge in [-0.1, -0.05) is 24.3 Å². The van der Waals surface area contributed by atoms with Crippen LogP contribution in [0.4, 0.5) is 5.69 Å². The smallest absolute Gasteiger partial charge is 0.345 e. The first-order valence-corrected chi connectivity index (χ1v) is 9.25. The minimum Gasteiger partial charge on any atom is -0.477 e. The van der Waals surface area contributed by atoms with Crippen LogP contribution < -0.4 is 4.90 Å². The van der Waals surface area contributed by atoms with Crippen LogP contribution in [-0.4, -0.2) is 29.6 Å². The van der Waals surface area contributed by atoms with Gasteiger partial charge in [-0.25, -0.2) is 4.79 Å². The summed E-state index contributed by atoms with van der Waals surface area (Å²) < 4.78 is 5.77. The number of amides is 1. The molecule has 0 spiro atoms. The number of carbonyl (C=O) groups excluding carboxylic acids is 1. The lowest BCUT2D eigenvalue weighted by atomic mass is 10.1. The van der Waals surface area contributed by atoms with E-state index in [0.29, 0.717) is 24.5 Å². The van der Waals surface area contributed by atoms with E-state index >= 15 is 0 Å². The Morgan fingerprint density at radius 3 is 2.65 bits per heavy atom. The predicted octanol–water partition coefficient (Wildman–Crippen LogP) is 4.19. The van der Waals surface area contributed by atoms with Crippen LogP contribution in [0.3, 0.4) is 0 Å². The van der Waals surface area contributed by atoms with Crippen LogP contribution in [0.5, 0.6) is 0 Å². The maximum absolute atomic E-state index is 12.3. The van der Waals surface area contributed by atoms with Crippen molar-refractivity contribution in [3.8, 4) is 0 Å². The number of aromatic carboxylic acids is 1. The quantitative estimate of drug-likeness (QED) is 0.792. The van der Waals surface area contributed by atoms with Crippen molar-refractivity contribution in [2.24, 2.45) is 0 Å². The topological polar surface area (TPSA) is 66.8 Å². The molecule has 1 N–H and O–H groups in total. The molecule has 136 valence electrons. The van der Waals surface area contributed by atoms with Gasteiger partial charge in [0.2, 0.25) is 5.91 Å². The minimum atomic E-state index is -0.924. The molecule has 26 heavy (non-hydrogen) atoms. The van der Waals surface area contributed by atoms with Crippen LogP contribution >= 0.6 is 11.3 Å². The van der Waals surface area contributed by atoms with Gasteiger partial charge >= 0.3 is 5.97 Å². The first kappa shape index (κ1) is 18.4. The normalized spacial score (nSPS) is 16.9. The Labute approximate surface area is 156 Å². The number of thiophene rings is 1. The van der Waals surface area contributed by atoms with Crippen molar-refractivity contribution in [3.63, 3.8) is 0 Å². The largest absolute Gasteiger partial charge is 0.477 e. The minimum absolute atomic E-state index is 0.00270. The number of ether oxygens (including phenoxy) is 1. The second-order valence-corrected chi connectivity index (χ2v) is 7.54. The third-order valence-electron chi connectivity index (χ3n) is 4.39. The number of benzene rings is 1. The molecule has 1 aliphatic heterocycles. The highest BCUT2D eigenvalue weighted by Crippen LogP contribution is 2.28. The molecule has 1 amide bonds. The number of hydrogen-bond acceptors (Lipinski definition) is 4. The number of hydrogen-bond donors (Lipinski definition) is 1. The molecule has 1 aromatic heterocycles. The second-order valence-electron chi connectivity index (χ2n) is 6.37. The zero-order chi connectivity index (χ0) is 18.7. The number of carboxylic acid groups (broad SMARTS) is 1. The number of allylic oxidation sites excluding steroid dienone is 1. The SMILES string of the molecule is C=C(C)c1ccc(N2C(=O)CC[C@H]2COCc2ccc(C(=O)O)s2)cc1. The third-order valence-corrected chi connectivity index (χ3v) is 5.44. The monoisotopic (exact) mass is 371 g/mol. The summed E-state index contributed by atoms with van der Waals surface area (Å²) in [5.74, 6) is -0.821. The molecule has 0 saturated carbocycles. The summed E-state index contributed by atoms with van der Waals surface area (Å²) in [5.41, 5.74) is 2.91. The van der Waals surface area contributed by atoms with E-state index in [-0.39, 0.29) is 11.9 Å². The fourth-order valence-corrected chi connectivity index (χ4v) is 3.81.